The van der Waals surface area contributed by atoms with Gasteiger partial charge in [-0.2, -0.15) is 4.72 Å². The second kappa shape index (κ2) is 7.16. The summed E-state index contributed by atoms with van der Waals surface area (Å²) in [6.07, 6.45) is 2.16. The fraction of sp³-hybridized carbons (Fsp3) is 0.357. The number of nitrogens with zero attached hydrogens (tertiary/aromatic N) is 2. The van der Waals surface area contributed by atoms with Crippen molar-refractivity contribution in [2.24, 2.45) is 0 Å². The van der Waals surface area contributed by atoms with E-state index < -0.39 is 22.0 Å². The zero-order valence-electron chi connectivity index (χ0n) is 13.0. The summed E-state index contributed by atoms with van der Waals surface area (Å²) in [5, 5.41) is 11.7. The van der Waals surface area contributed by atoms with E-state index >= 15 is 0 Å². The number of hydrogen-bond acceptors (Lipinski definition) is 6. The number of carbonyl (C=O) groups excluding carboxylic acids is 1. The maximum atomic E-state index is 12.5. The van der Waals surface area contributed by atoms with Gasteiger partial charge < -0.3 is 0 Å². The highest BCUT2D eigenvalue weighted by molar-refractivity contribution is 7.89. The molecule has 11 heteroatoms. The first kappa shape index (κ1) is 18.5. The van der Waals surface area contributed by atoms with E-state index in [1.54, 1.807) is 0 Å². The number of amides is 1. The van der Waals surface area contributed by atoms with Gasteiger partial charge in [0.15, 0.2) is 0 Å². The van der Waals surface area contributed by atoms with Crippen LogP contribution in [0.25, 0.3) is 0 Å². The van der Waals surface area contributed by atoms with Crippen LogP contribution in [-0.2, 0) is 14.8 Å². The Morgan fingerprint density at radius 2 is 1.92 bits per heavy atom. The monoisotopic (exact) mass is 420 g/mol. The maximum Gasteiger partial charge on any atom is 0.244 e. The Labute approximate surface area is 158 Å². The van der Waals surface area contributed by atoms with Crippen molar-refractivity contribution in [1.29, 1.82) is 0 Å². The zero-order valence-corrected chi connectivity index (χ0v) is 16.1. The van der Waals surface area contributed by atoms with E-state index in [2.05, 4.69) is 20.2 Å². The Kier molecular flexibility index (Phi) is 5.31. The second-order valence-electron chi connectivity index (χ2n) is 5.60. The molecule has 2 N–H and O–H groups in total. The van der Waals surface area contributed by atoms with Crippen molar-refractivity contribution in [3.63, 3.8) is 0 Å². The van der Waals surface area contributed by atoms with Crippen LogP contribution in [0.1, 0.15) is 30.7 Å². The summed E-state index contributed by atoms with van der Waals surface area (Å²) in [7, 11) is -4.06. The topological polar surface area (TPSA) is 101 Å². The number of benzene rings is 1. The number of hydrogen-bond donors (Lipinski definition) is 2. The molecular formula is C14H14Cl2N4O3S2. The summed E-state index contributed by atoms with van der Waals surface area (Å²) in [4.78, 5) is 12.0. The number of rotatable bonds is 6. The van der Waals surface area contributed by atoms with Gasteiger partial charge >= 0.3 is 0 Å². The average Bonchev–Trinajstić information content (AvgIpc) is 3.26. The molecule has 0 bridgehead atoms. The summed E-state index contributed by atoms with van der Waals surface area (Å²) < 4.78 is 27.2. The van der Waals surface area contributed by atoms with E-state index in [0.29, 0.717) is 11.0 Å². The Hall–Kier alpha value is -1.26. The molecule has 7 nitrogen and oxygen atoms in total. The van der Waals surface area contributed by atoms with Gasteiger partial charge in [-0.25, -0.2) is 8.42 Å². The lowest BCUT2D eigenvalue weighted by atomic mass is 10.3. The molecule has 1 aromatic heterocycles. The van der Waals surface area contributed by atoms with Crippen LogP contribution in [0.4, 0.5) is 5.13 Å². The lowest BCUT2D eigenvalue weighted by Crippen LogP contribution is -2.41. The van der Waals surface area contributed by atoms with Crippen LogP contribution < -0.4 is 10.0 Å². The van der Waals surface area contributed by atoms with Gasteiger partial charge in [0.25, 0.3) is 0 Å². The van der Waals surface area contributed by atoms with Crippen molar-refractivity contribution in [3.05, 3.63) is 33.3 Å². The number of aromatic nitrogens is 2. The second-order valence-corrected chi connectivity index (χ2v) is 9.08. The molecule has 0 radical (unpaired) electrons. The number of nitrogens with one attached hydrogen (secondary N) is 2. The van der Waals surface area contributed by atoms with Crippen LogP contribution in [0.5, 0.6) is 0 Å². The molecule has 0 aliphatic heterocycles. The minimum absolute atomic E-state index is 0.0224. The van der Waals surface area contributed by atoms with Gasteiger partial charge in [-0.15, -0.1) is 10.2 Å². The van der Waals surface area contributed by atoms with Gasteiger partial charge in [0.05, 0.1) is 16.1 Å². The maximum absolute atomic E-state index is 12.5. The van der Waals surface area contributed by atoms with Crippen LogP contribution in [0.3, 0.4) is 0 Å². The van der Waals surface area contributed by atoms with Crippen molar-refractivity contribution in [2.75, 3.05) is 5.32 Å². The lowest BCUT2D eigenvalue weighted by molar-refractivity contribution is -0.117. The Morgan fingerprint density at radius 3 is 2.52 bits per heavy atom. The predicted molar refractivity (Wildman–Crippen MR) is 96.8 cm³/mol. The van der Waals surface area contributed by atoms with Gasteiger partial charge in [-0.1, -0.05) is 40.6 Å². The molecule has 1 amide bonds. The SMILES string of the molecule is C[C@@H](NS(=O)(=O)c1c(Cl)cccc1Cl)C(=O)Nc1nnc(C2CC2)s1. The fourth-order valence-corrected chi connectivity index (χ4v) is 5.34. The molecule has 25 heavy (non-hydrogen) atoms. The van der Waals surface area contributed by atoms with E-state index in [1.165, 1.54) is 36.5 Å². The van der Waals surface area contributed by atoms with E-state index in [0.717, 1.165) is 17.8 Å². The summed E-state index contributed by atoms with van der Waals surface area (Å²) in [5.41, 5.74) is 0. The van der Waals surface area contributed by atoms with Crippen LogP contribution in [0.2, 0.25) is 10.0 Å². The quantitative estimate of drug-likeness (QED) is 0.747. The highest BCUT2D eigenvalue weighted by Crippen LogP contribution is 2.42. The third kappa shape index (κ3) is 4.29. The molecule has 1 aliphatic carbocycles. The number of sulfonamides is 1. The molecule has 3 rings (SSSR count). The first-order chi connectivity index (χ1) is 11.8. The molecule has 134 valence electrons. The Balaban J connectivity index is 1.69. The molecule has 0 spiro atoms. The molecule has 2 aromatic rings. The van der Waals surface area contributed by atoms with Crippen molar-refractivity contribution in [1.82, 2.24) is 14.9 Å². The first-order valence-corrected chi connectivity index (χ1v) is 10.4. The molecule has 1 fully saturated rings. The van der Waals surface area contributed by atoms with Gasteiger partial charge in [0.1, 0.15) is 9.90 Å². The van der Waals surface area contributed by atoms with E-state index in [1.807, 2.05) is 0 Å². The fourth-order valence-electron chi connectivity index (χ4n) is 2.08. The minimum Gasteiger partial charge on any atom is -0.299 e. The van der Waals surface area contributed by atoms with E-state index in [4.69, 9.17) is 23.2 Å². The van der Waals surface area contributed by atoms with Crippen molar-refractivity contribution in [3.8, 4) is 0 Å². The predicted octanol–water partition coefficient (Wildman–Crippen LogP) is 3.03. The normalized spacial score (nSPS) is 15.8. The first-order valence-electron chi connectivity index (χ1n) is 7.38. The van der Waals surface area contributed by atoms with Crippen molar-refractivity contribution < 1.29 is 13.2 Å². The summed E-state index contributed by atoms with van der Waals surface area (Å²) in [5.74, 6) is -0.119. The molecule has 1 atom stereocenters. The minimum atomic E-state index is -4.06. The molecule has 1 aliphatic rings. The zero-order chi connectivity index (χ0) is 18.2. The summed E-state index contributed by atoms with van der Waals surface area (Å²) in [6.45, 7) is 1.42. The van der Waals surface area contributed by atoms with E-state index in [-0.39, 0.29) is 14.9 Å². The smallest absolute Gasteiger partial charge is 0.244 e. The van der Waals surface area contributed by atoms with Gasteiger partial charge in [0, 0.05) is 5.92 Å². The van der Waals surface area contributed by atoms with Crippen LogP contribution in [0.15, 0.2) is 23.1 Å². The van der Waals surface area contributed by atoms with Crippen LogP contribution >= 0.6 is 34.5 Å². The lowest BCUT2D eigenvalue weighted by Gasteiger charge is -2.14. The average molecular weight is 421 g/mol. The highest BCUT2D eigenvalue weighted by Gasteiger charge is 2.29. The van der Waals surface area contributed by atoms with Crippen molar-refractivity contribution in [2.45, 2.75) is 36.6 Å². The number of anilines is 1. The van der Waals surface area contributed by atoms with E-state index in [9.17, 15) is 13.2 Å². The molecule has 0 unspecified atom stereocenters. The van der Waals surface area contributed by atoms with Gasteiger partial charge in [-0.3, -0.25) is 10.1 Å². The third-order valence-electron chi connectivity index (χ3n) is 3.51. The van der Waals surface area contributed by atoms with Crippen LogP contribution in [0, 0.1) is 0 Å². The van der Waals surface area contributed by atoms with Gasteiger partial charge in [-0.05, 0) is 31.9 Å². The largest absolute Gasteiger partial charge is 0.299 e. The number of carbonyl (C=O) groups is 1. The molecule has 1 saturated carbocycles. The molecule has 1 aromatic carbocycles. The Morgan fingerprint density at radius 1 is 1.28 bits per heavy atom. The molecule has 1 heterocycles. The van der Waals surface area contributed by atoms with Crippen molar-refractivity contribution >= 4 is 55.6 Å². The summed E-state index contributed by atoms with van der Waals surface area (Å²) >= 11 is 13.1. The van der Waals surface area contributed by atoms with Crippen LogP contribution in [-0.4, -0.2) is 30.6 Å². The molecule has 0 saturated heterocycles. The Bertz CT molecular complexity index is 892. The van der Waals surface area contributed by atoms with Gasteiger partial charge in [0.2, 0.25) is 21.1 Å². The number of halogens is 2. The highest BCUT2D eigenvalue weighted by atomic mass is 35.5. The standard InChI is InChI=1S/C14H14Cl2N4O3S2/c1-7(12(21)17-14-19-18-13(24-14)8-5-6-8)20-25(22,23)11-9(15)3-2-4-10(11)16/h2-4,7-8,20H,5-6H2,1H3,(H,17,19,21)/t7-/m1/s1. The summed E-state index contributed by atoms with van der Waals surface area (Å²) in [6, 6.07) is 3.30. The third-order valence-corrected chi connectivity index (χ3v) is 7.01. The molecular weight excluding hydrogens is 407 g/mol.